The van der Waals surface area contributed by atoms with E-state index in [0.29, 0.717) is 35.2 Å². The first-order valence-electron chi connectivity index (χ1n) is 12.4. The molecule has 0 aliphatic rings. The quantitative estimate of drug-likeness (QED) is 0.231. The molecule has 0 saturated heterocycles. The van der Waals surface area contributed by atoms with Gasteiger partial charge in [-0.05, 0) is 83.6 Å². The lowest BCUT2D eigenvalue weighted by molar-refractivity contribution is 0.111. The fourth-order valence-electron chi connectivity index (χ4n) is 4.03. The summed E-state index contributed by atoms with van der Waals surface area (Å²) in [4.78, 5) is 21.8. The number of hydrogen-bond acceptors (Lipinski definition) is 6. The number of aldehydes is 2. The highest BCUT2D eigenvalue weighted by Gasteiger charge is 2.13. The first kappa shape index (κ1) is 28.0. The highest BCUT2D eigenvalue weighted by Crippen LogP contribution is 2.33. The highest BCUT2D eigenvalue weighted by molar-refractivity contribution is 5.77. The molecule has 4 aromatic carbocycles. The van der Waals surface area contributed by atoms with Crippen molar-refractivity contribution in [2.24, 2.45) is 0 Å². The largest absolute Gasteiger partial charge is 0.504 e. The summed E-state index contributed by atoms with van der Waals surface area (Å²) in [6, 6.07) is 21.1. The molecule has 0 aliphatic carbocycles. The Morgan fingerprint density at radius 2 is 1.03 bits per heavy atom. The van der Waals surface area contributed by atoms with Gasteiger partial charge in [-0.15, -0.1) is 0 Å². The van der Waals surface area contributed by atoms with Crippen LogP contribution in [0.5, 0.6) is 23.0 Å². The van der Waals surface area contributed by atoms with Crippen LogP contribution in [0.25, 0.3) is 11.1 Å². The number of rotatable bonds is 9. The van der Waals surface area contributed by atoms with Crippen molar-refractivity contribution in [1.29, 1.82) is 0 Å². The lowest BCUT2D eigenvalue weighted by atomic mass is 9.92. The van der Waals surface area contributed by atoms with Gasteiger partial charge in [0, 0.05) is 11.1 Å². The summed E-state index contributed by atoms with van der Waals surface area (Å²) in [7, 11) is 0. The van der Waals surface area contributed by atoms with Gasteiger partial charge in [0.25, 0.3) is 0 Å². The van der Waals surface area contributed by atoms with E-state index in [1.54, 1.807) is 24.3 Å². The normalized spacial score (nSPS) is 10.2. The number of phenols is 2. The first-order valence-corrected chi connectivity index (χ1v) is 12.4. The number of hydrogen-bond donors (Lipinski definition) is 2. The van der Waals surface area contributed by atoms with Gasteiger partial charge >= 0.3 is 0 Å². The molecule has 0 radical (unpaired) electrons. The molecule has 0 unspecified atom stereocenters. The topological polar surface area (TPSA) is 93.1 Å². The molecule has 0 amide bonds. The van der Waals surface area contributed by atoms with Crippen LogP contribution in [0.3, 0.4) is 0 Å². The molecule has 0 spiro atoms. The Hall–Kier alpha value is -4.58. The number of carbonyl (C=O) groups excluding carboxylic acids is 2. The second kappa shape index (κ2) is 13.1. The average Bonchev–Trinajstić information content (AvgIpc) is 2.94. The van der Waals surface area contributed by atoms with Crippen molar-refractivity contribution in [3.63, 3.8) is 0 Å². The van der Waals surface area contributed by atoms with Crippen LogP contribution >= 0.6 is 0 Å². The third-order valence-electron chi connectivity index (χ3n) is 6.19. The van der Waals surface area contributed by atoms with Crippen LogP contribution in [0.15, 0.2) is 72.8 Å². The van der Waals surface area contributed by atoms with Gasteiger partial charge in [-0.2, -0.15) is 0 Å². The molecule has 0 aromatic heterocycles. The zero-order valence-corrected chi connectivity index (χ0v) is 22.0. The summed E-state index contributed by atoms with van der Waals surface area (Å²) in [5.74, 6) is 0.461. The SMILES string of the molecule is CC.Cc1c(COc2ccc(C=O)cc2O)cccc1-c1cccc(COc2ccc(C=O)cc2O)c1C. The molecule has 4 aromatic rings. The van der Waals surface area contributed by atoms with Gasteiger partial charge in [-0.3, -0.25) is 9.59 Å². The van der Waals surface area contributed by atoms with E-state index in [0.717, 1.165) is 33.4 Å². The van der Waals surface area contributed by atoms with E-state index in [2.05, 4.69) is 0 Å². The van der Waals surface area contributed by atoms with Crippen molar-refractivity contribution in [3.05, 3.63) is 106 Å². The van der Waals surface area contributed by atoms with E-state index in [1.807, 2.05) is 64.1 Å². The van der Waals surface area contributed by atoms with Crippen LogP contribution in [0.1, 0.15) is 56.8 Å². The maximum Gasteiger partial charge on any atom is 0.161 e. The van der Waals surface area contributed by atoms with Gasteiger partial charge in [0.1, 0.15) is 25.8 Å². The molecule has 0 aliphatic heterocycles. The minimum Gasteiger partial charge on any atom is -0.504 e. The Labute approximate surface area is 223 Å². The van der Waals surface area contributed by atoms with Crippen molar-refractivity contribution in [1.82, 2.24) is 0 Å². The smallest absolute Gasteiger partial charge is 0.161 e. The molecule has 4 rings (SSSR count). The number of benzene rings is 4. The van der Waals surface area contributed by atoms with Crippen molar-refractivity contribution >= 4 is 12.6 Å². The third-order valence-corrected chi connectivity index (χ3v) is 6.19. The Kier molecular flexibility index (Phi) is 9.66. The second-order valence-electron chi connectivity index (χ2n) is 8.45. The van der Waals surface area contributed by atoms with Gasteiger partial charge in [0.05, 0.1) is 0 Å². The summed E-state index contributed by atoms with van der Waals surface area (Å²) in [5.41, 5.74) is 6.88. The number of aromatic hydroxyl groups is 2. The molecular weight excluding hydrogens is 480 g/mol. The zero-order valence-electron chi connectivity index (χ0n) is 22.0. The van der Waals surface area contributed by atoms with Crippen LogP contribution in [0.4, 0.5) is 0 Å². The Morgan fingerprint density at radius 1 is 0.632 bits per heavy atom. The molecule has 2 N–H and O–H groups in total. The van der Waals surface area contributed by atoms with E-state index in [9.17, 15) is 19.8 Å². The van der Waals surface area contributed by atoms with Crippen molar-refractivity contribution < 1.29 is 29.3 Å². The molecule has 38 heavy (non-hydrogen) atoms. The molecule has 6 nitrogen and oxygen atoms in total. The fraction of sp³-hybridized carbons (Fsp3) is 0.188. The van der Waals surface area contributed by atoms with Crippen LogP contribution in [-0.4, -0.2) is 22.8 Å². The highest BCUT2D eigenvalue weighted by atomic mass is 16.5. The predicted octanol–water partition coefficient (Wildman–Crippen LogP) is 7.19. The van der Waals surface area contributed by atoms with E-state index < -0.39 is 0 Å². The molecule has 0 atom stereocenters. The first-order chi connectivity index (χ1) is 18.4. The van der Waals surface area contributed by atoms with Gasteiger partial charge in [0.2, 0.25) is 0 Å². The maximum absolute atomic E-state index is 10.9. The maximum atomic E-state index is 10.9. The number of phenolic OH excluding ortho intramolecular Hbond substituents is 2. The number of ether oxygens (including phenoxy) is 2. The summed E-state index contributed by atoms with van der Waals surface area (Å²) in [6.45, 7) is 8.56. The van der Waals surface area contributed by atoms with E-state index in [4.69, 9.17) is 9.47 Å². The molecule has 196 valence electrons. The zero-order chi connectivity index (χ0) is 27.7. The lowest BCUT2D eigenvalue weighted by Gasteiger charge is -2.17. The molecular formula is C32H32O6. The van der Waals surface area contributed by atoms with Crippen molar-refractivity contribution in [2.45, 2.75) is 40.9 Å². The monoisotopic (exact) mass is 512 g/mol. The van der Waals surface area contributed by atoms with E-state index in [1.165, 1.54) is 12.1 Å². The Bertz CT molecular complexity index is 1310. The Balaban J connectivity index is 0.00000195. The lowest BCUT2D eigenvalue weighted by Crippen LogP contribution is -2.02. The molecule has 0 heterocycles. The summed E-state index contributed by atoms with van der Waals surface area (Å²) in [5, 5.41) is 20.2. The third kappa shape index (κ3) is 6.40. The molecule has 0 fully saturated rings. The van der Waals surface area contributed by atoms with Gasteiger partial charge in [0.15, 0.2) is 23.0 Å². The van der Waals surface area contributed by atoms with Gasteiger partial charge < -0.3 is 19.7 Å². The van der Waals surface area contributed by atoms with Crippen LogP contribution in [0.2, 0.25) is 0 Å². The minimum atomic E-state index is -0.0798. The minimum absolute atomic E-state index is 0.0798. The van der Waals surface area contributed by atoms with Gasteiger partial charge in [-0.25, -0.2) is 0 Å². The van der Waals surface area contributed by atoms with Crippen LogP contribution < -0.4 is 9.47 Å². The standard InChI is InChI=1S/C30H26O6.C2H6/c1-19-23(17-35-29-11-9-21(15-31)13-27(29)33)5-3-7-25(19)26-8-4-6-24(20(26)2)18-36-30-12-10-22(16-32)14-28(30)34;1-2/h3-16,33-34H,17-18H2,1-2H3;1-2H3. The summed E-state index contributed by atoms with van der Waals surface area (Å²) < 4.78 is 11.7. The van der Waals surface area contributed by atoms with E-state index >= 15 is 0 Å². The molecule has 6 heteroatoms. The van der Waals surface area contributed by atoms with Crippen LogP contribution in [-0.2, 0) is 13.2 Å². The van der Waals surface area contributed by atoms with Crippen molar-refractivity contribution in [3.8, 4) is 34.1 Å². The summed E-state index contributed by atoms with van der Waals surface area (Å²) >= 11 is 0. The molecule has 0 saturated carbocycles. The fourth-order valence-corrected chi connectivity index (χ4v) is 4.03. The molecule has 0 bridgehead atoms. The van der Waals surface area contributed by atoms with E-state index in [-0.39, 0.29) is 24.7 Å². The van der Waals surface area contributed by atoms with Gasteiger partial charge in [-0.1, -0.05) is 50.2 Å². The average molecular weight is 513 g/mol. The van der Waals surface area contributed by atoms with Crippen LogP contribution in [0, 0.1) is 13.8 Å². The Morgan fingerprint density at radius 3 is 1.37 bits per heavy atom. The predicted molar refractivity (Wildman–Crippen MR) is 148 cm³/mol. The second-order valence-corrected chi connectivity index (χ2v) is 8.45. The summed E-state index contributed by atoms with van der Waals surface area (Å²) in [6.07, 6.45) is 1.34. The van der Waals surface area contributed by atoms with Crippen molar-refractivity contribution in [2.75, 3.05) is 0 Å². The number of carbonyl (C=O) groups is 2.